The molecule has 1 amide bonds. The molecule has 3 aromatic rings. The Morgan fingerprint density at radius 3 is 2.65 bits per heavy atom. The van der Waals surface area contributed by atoms with Crippen LogP contribution in [0.3, 0.4) is 0 Å². The van der Waals surface area contributed by atoms with Gasteiger partial charge in [-0.05, 0) is 84.8 Å². The van der Waals surface area contributed by atoms with Crippen molar-refractivity contribution in [1.82, 2.24) is 19.8 Å². The lowest BCUT2D eigenvalue weighted by Gasteiger charge is -2.48. The summed E-state index contributed by atoms with van der Waals surface area (Å²) in [4.78, 5) is 32.8. The zero-order valence-electron chi connectivity index (χ0n) is 29.3. The molecule has 3 unspecified atom stereocenters. The van der Waals surface area contributed by atoms with Gasteiger partial charge in [0.2, 0.25) is 0 Å². The molecule has 1 aromatic heterocycles. The molecule has 0 saturated carbocycles. The fraction of sp³-hybridized carbons (Fsp3) is 0.595. The highest BCUT2D eigenvalue weighted by molar-refractivity contribution is 5.95. The zero-order valence-corrected chi connectivity index (χ0v) is 29.3. The summed E-state index contributed by atoms with van der Waals surface area (Å²) in [6.45, 7) is 12.6. The standard InChI is InChI=1S/C37H50N6O5/c1-36(2,3)48-35(44)43-26-13-15-37(43,4)23-42(20-26)33-30-14-17-41(21-31(30)38-34(39-33)46-22-27-11-9-16-40(27)5)32-19-28(47-24-45-6)18-25-10-7-8-12-29(25)32/h7-8,10,12,18-19,26-27H,9,11,13-17,20-24H2,1-6H3. The van der Waals surface area contributed by atoms with E-state index in [4.69, 9.17) is 28.9 Å². The largest absolute Gasteiger partial charge is 0.467 e. The Kier molecular flexibility index (Phi) is 8.78. The van der Waals surface area contributed by atoms with Crippen molar-refractivity contribution in [2.24, 2.45) is 0 Å². The van der Waals surface area contributed by atoms with E-state index in [9.17, 15) is 4.79 Å². The number of amides is 1. The molecule has 0 aliphatic carbocycles. The van der Waals surface area contributed by atoms with Crippen molar-refractivity contribution < 1.29 is 23.7 Å². The second-order valence-corrected chi connectivity index (χ2v) is 15.1. The Morgan fingerprint density at radius 1 is 1.06 bits per heavy atom. The molecule has 3 fully saturated rings. The quantitative estimate of drug-likeness (QED) is 0.284. The van der Waals surface area contributed by atoms with Gasteiger partial charge in [0.25, 0.3) is 0 Å². The summed E-state index contributed by atoms with van der Waals surface area (Å²) in [5, 5.41) is 2.29. The number of likely N-dealkylation sites (N-methyl/N-ethyl adjacent to an activating group) is 1. The van der Waals surface area contributed by atoms with Crippen LogP contribution in [-0.2, 0) is 22.4 Å². The highest BCUT2D eigenvalue weighted by Crippen LogP contribution is 2.43. The average molecular weight is 659 g/mol. The summed E-state index contributed by atoms with van der Waals surface area (Å²) < 4.78 is 23.4. The zero-order chi connectivity index (χ0) is 33.6. The van der Waals surface area contributed by atoms with Gasteiger partial charge < -0.3 is 33.6 Å². The molecule has 7 rings (SSSR count). The topological polar surface area (TPSA) is 92.7 Å². The predicted molar refractivity (Wildman–Crippen MR) is 186 cm³/mol. The number of benzene rings is 2. The summed E-state index contributed by atoms with van der Waals surface area (Å²) in [7, 11) is 3.79. The Labute approximate surface area is 284 Å². The monoisotopic (exact) mass is 658 g/mol. The minimum atomic E-state index is -0.540. The van der Waals surface area contributed by atoms with Crippen molar-refractivity contribution in [3.05, 3.63) is 47.7 Å². The van der Waals surface area contributed by atoms with Crippen molar-refractivity contribution in [3.8, 4) is 11.8 Å². The Bertz CT molecular complexity index is 1660. The van der Waals surface area contributed by atoms with Crippen LogP contribution in [0.4, 0.5) is 16.3 Å². The Balaban J connectivity index is 1.21. The number of hydrogen-bond donors (Lipinski definition) is 0. The molecule has 48 heavy (non-hydrogen) atoms. The average Bonchev–Trinajstić information content (AvgIpc) is 3.56. The van der Waals surface area contributed by atoms with Gasteiger partial charge in [-0.25, -0.2) is 4.79 Å². The number of piperazine rings is 1. The van der Waals surface area contributed by atoms with Crippen LogP contribution in [0.1, 0.15) is 64.6 Å². The van der Waals surface area contributed by atoms with Crippen molar-refractivity contribution >= 4 is 28.4 Å². The van der Waals surface area contributed by atoms with Crippen LogP contribution in [0.25, 0.3) is 10.8 Å². The Hall–Kier alpha value is -3.83. The highest BCUT2D eigenvalue weighted by Gasteiger charge is 2.52. The molecule has 11 heteroatoms. The molecule has 5 heterocycles. The normalized spacial score (nSPS) is 24.2. The summed E-state index contributed by atoms with van der Waals surface area (Å²) in [5.41, 5.74) is 2.37. The van der Waals surface area contributed by atoms with Crippen LogP contribution < -0.4 is 19.3 Å². The Morgan fingerprint density at radius 2 is 1.90 bits per heavy atom. The molecule has 4 aliphatic rings. The first kappa shape index (κ1) is 32.7. The SMILES string of the molecule is COCOc1cc(N2CCc3c(nc(OCC4CCCN4C)nc3N3CC4CCC(C)(C3)N4C(=O)OC(C)(C)C)C2)c2ccccc2c1. The minimum Gasteiger partial charge on any atom is -0.467 e. The van der Waals surface area contributed by atoms with Crippen LogP contribution >= 0.6 is 0 Å². The first-order chi connectivity index (χ1) is 23.0. The van der Waals surface area contributed by atoms with Gasteiger partial charge in [-0.15, -0.1) is 0 Å². The second-order valence-electron chi connectivity index (χ2n) is 15.1. The number of carbonyl (C=O) groups excluding carboxylic acids is 1. The lowest BCUT2D eigenvalue weighted by atomic mass is 9.96. The van der Waals surface area contributed by atoms with E-state index in [2.05, 4.69) is 65.1 Å². The third-order valence-corrected chi connectivity index (χ3v) is 10.4. The van der Waals surface area contributed by atoms with Gasteiger partial charge >= 0.3 is 12.1 Å². The van der Waals surface area contributed by atoms with Crippen molar-refractivity contribution in [2.75, 3.05) is 63.5 Å². The van der Waals surface area contributed by atoms with Gasteiger partial charge in [-0.2, -0.15) is 9.97 Å². The van der Waals surface area contributed by atoms with Crippen LogP contribution in [0, 0.1) is 0 Å². The number of likely N-dealkylation sites (tertiary alicyclic amines) is 1. The maximum atomic E-state index is 13.4. The second kappa shape index (κ2) is 12.9. The lowest BCUT2D eigenvalue weighted by molar-refractivity contribution is -0.00285. The molecule has 0 spiro atoms. The molecular weight excluding hydrogens is 608 g/mol. The molecule has 2 aromatic carbocycles. The van der Waals surface area contributed by atoms with Gasteiger partial charge in [0.1, 0.15) is 23.8 Å². The summed E-state index contributed by atoms with van der Waals surface area (Å²) in [6, 6.07) is 13.4. The molecule has 0 N–H and O–H groups in total. The summed E-state index contributed by atoms with van der Waals surface area (Å²) in [5.74, 6) is 1.72. The maximum Gasteiger partial charge on any atom is 0.411 e. The van der Waals surface area contributed by atoms with Gasteiger partial charge in [-0.1, -0.05) is 24.3 Å². The smallest absolute Gasteiger partial charge is 0.411 e. The van der Waals surface area contributed by atoms with Crippen molar-refractivity contribution in [1.29, 1.82) is 0 Å². The molecule has 2 bridgehead atoms. The fourth-order valence-electron chi connectivity index (χ4n) is 8.08. The number of nitrogens with zero attached hydrogens (tertiary/aromatic N) is 6. The van der Waals surface area contributed by atoms with E-state index in [-0.39, 0.29) is 24.5 Å². The molecule has 258 valence electrons. The molecule has 3 atom stereocenters. The fourth-order valence-corrected chi connectivity index (χ4v) is 8.08. The number of carbonyl (C=O) groups is 1. The van der Waals surface area contributed by atoms with Crippen molar-refractivity contribution in [2.45, 2.75) is 89.6 Å². The molecular formula is C37H50N6O5. The molecule has 11 nitrogen and oxygen atoms in total. The van der Waals surface area contributed by atoms with Crippen LogP contribution in [0.15, 0.2) is 36.4 Å². The summed E-state index contributed by atoms with van der Waals surface area (Å²) >= 11 is 0. The predicted octanol–water partition coefficient (Wildman–Crippen LogP) is 5.63. The molecule has 4 aliphatic heterocycles. The van der Waals surface area contributed by atoms with Crippen LogP contribution in [0.2, 0.25) is 0 Å². The number of ether oxygens (including phenoxy) is 4. The lowest BCUT2D eigenvalue weighted by Crippen LogP contribution is -2.63. The number of fused-ring (bicyclic) bond motifs is 4. The van der Waals surface area contributed by atoms with E-state index in [1.165, 1.54) is 17.4 Å². The van der Waals surface area contributed by atoms with Gasteiger partial charge in [-0.3, -0.25) is 4.90 Å². The third-order valence-electron chi connectivity index (χ3n) is 10.4. The number of aromatic nitrogens is 2. The van der Waals surface area contributed by atoms with Gasteiger partial charge in [0.05, 0.1) is 23.8 Å². The highest BCUT2D eigenvalue weighted by atomic mass is 16.7. The van der Waals surface area contributed by atoms with E-state index >= 15 is 0 Å². The number of methoxy groups -OCH3 is 1. The van der Waals surface area contributed by atoms with E-state index in [1.54, 1.807) is 7.11 Å². The first-order valence-corrected chi connectivity index (χ1v) is 17.4. The van der Waals surface area contributed by atoms with Crippen LogP contribution in [-0.4, -0.2) is 103 Å². The van der Waals surface area contributed by atoms with Gasteiger partial charge in [0, 0.05) is 55.5 Å². The molecule has 0 radical (unpaired) electrons. The van der Waals surface area contributed by atoms with E-state index in [1.807, 2.05) is 25.7 Å². The number of rotatable bonds is 8. The van der Waals surface area contributed by atoms with E-state index in [0.29, 0.717) is 38.3 Å². The minimum absolute atomic E-state index is 0.0574. The third kappa shape index (κ3) is 6.46. The maximum absolute atomic E-state index is 13.4. The number of anilines is 2. The van der Waals surface area contributed by atoms with E-state index < -0.39 is 5.60 Å². The van der Waals surface area contributed by atoms with Gasteiger partial charge in [0.15, 0.2) is 6.79 Å². The summed E-state index contributed by atoms with van der Waals surface area (Å²) in [6.07, 6.45) is 4.74. The first-order valence-electron chi connectivity index (χ1n) is 17.4. The van der Waals surface area contributed by atoms with E-state index in [0.717, 1.165) is 67.1 Å². The number of hydrogen-bond acceptors (Lipinski definition) is 10. The molecule has 3 saturated heterocycles. The van der Waals surface area contributed by atoms with Crippen LogP contribution in [0.5, 0.6) is 11.8 Å². The van der Waals surface area contributed by atoms with Crippen molar-refractivity contribution in [3.63, 3.8) is 0 Å².